The molecule has 1 aromatic rings. The van der Waals surface area contributed by atoms with Gasteiger partial charge in [-0.2, -0.15) is 5.26 Å². The van der Waals surface area contributed by atoms with Crippen LogP contribution in [0.1, 0.15) is 31.9 Å². The molecule has 1 rings (SSSR count). The molecule has 0 bridgehead atoms. The van der Waals surface area contributed by atoms with E-state index in [0.717, 1.165) is 5.56 Å². The zero-order valence-electron chi connectivity index (χ0n) is 8.91. The maximum atomic E-state index is 8.78. The summed E-state index contributed by atoms with van der Waals surface area (Å²) in [4.78, 5) is 0. The van der Waals surface area contributed by atoms with Crippen molar-refractivity contribution in [1.29, 1.82) is 5.26 Å². The van der Waals surface area contributed by atoms with Crippen molar-refractivity contribution in [3.05, 3.63) is 35.4 Å². The summed E-state index contributed by atoms with van der Waals surface area (Å²) in [5.74, 6) is 0.344. The Balaban J connectivity index is 3.14. The first-order valence-electron chi connectivity index (χ1n) is 4.78. The Labute approximate surface area is 85.4 Å². The summed E-state index contributed by atoms with van der Waals surface area (Å²) in [6, 6.07) is 9.62. The van der Waals surface area contributed by atoms with Crippen molar-refractivity contribution in [2.75, 3.05) is 0 Å². The first-order chi connectivity index (χ1) is 6.48. The maximum absolute atomic E-state index is 8.78. The molecule has 0 radical (unpaired) electrons. The molecule has 2 nitrogen and oxygen atoms in total. The van der Waals surface area contributed by atoms with E-state index in [-0.39, 0.29) is 5.54 Å². The zero-order valence-corrected chi connectivity index (χ0v) is 8.91. The van der Waals surface area contributed by atoms with Crippen LogP contribution in [0.2, 0.25) is 0 Å². The Morgan fingerprint density at radius 2 is 2.07 bits per heavy atom. The minimum absolute atomic E-state index is 0.344. The van der Waals surface area contributed by atoms with Gasteiger partial charge in [0.2, 0.25) is 0 Å². The normalized spacial score (nSPS) is 14.9. The Hall–Kier alpha value is -1.33. The third-order valence-corrected chi connectivity index (χ3v) is 2.81. The predicted octanol–water partition coefficient (Wildman–Crippen LogP) is 2.39. The topological polar surface area (TPSA) is 49.8 Å². The van der Waals surface area contributed by atoms with Gasteiger partial charge in [-0.05, 0) is 30.5 Å². The van der Waals surface area contributed by atoms with Gasteiger partial charge in [0.05, 0.1) is 11.6 Å². The van der Waals surface area contributed by atoms with E-state index >= 15 is 0 Å². The number of nitrogens with two attached hydrogens (primary N) is 1. The molecule has 0 aliphatic heterocycles. The number of hydrogen-bond acceptors (Lipinski definition) is 2. The zero-order chi connectivity index (χ0) is 10.8. The highest BCUT2D eigenvalue weighted by Gasteiger charge is 2.25. The van der Waals surface area contributed by atoms with Crippen molar-refractivity contribution < 1.29 is 0 Å². The number of rotatable bonds is 2. The van der Waals surface area contributed by atoms with Gasteiger partial charge < -0.3 is 5.73 Å². The van der Waals surface area contributed by atoms with Gasteiger partial charge in [-0.1, -0.05) is 26.0 Å². The standard InChI is InChI=1S/C12H16N2/c1-9(2)12(3,14)11-6-4-5-10(7-11)8-13/h4-7,9H,14H2,1-3H3/t12-/m0/s1. The number of nitrogens with zero attached hydrogens (tertiary/aromatic N) is 1. The lowest BCUT2D eigenvalue weighted by atomic mass is 9.82. The fourth-order valence-electron chi connectivity index (χ4n) is 1.26. The van der Waals surface area contributed by atoms with Gasteiger partial charge in [-0.3, -0.25) is 0 Å². The predicted molar refractivity (Wildman–Crippen MR) is 57.5 cm³/mol. The molecule has 74 valence electrons. The van der Waals surface area contributed by atoms with Crippen molar-refractivity contribution in [3.8, 4) is 6.07 Å². The quantitative estimate of drug-likeness (QED) is 0.774. The molecule has 1 atom stereocenters. The SMILES string of the molecule is CC(C)[C@](C)(N)c1cccc(C#N)c1. The molecular weight excluding hydrogens is 172 g/mol. The fourth-order valence-corrected chi connectivity index (χ4v) is 1.26. The van der Waals surface area contributed by atoms with Gasteiger partial charge in [0, 0.05) is 5.54 Å². The molecule has 0 spiro atoms. The van der Waals surface area contributed by atoms with Crippen molar-refractivity contribution in [2.45, 2.75) is 26.3 Å². The van der Waals surface area contributed by atoms with Crippen LogP contribution in [0, 0.1) is 17.2 Å². The summed E-state index contributed by atoms with van der Waals surface area (Å²) < 4.78 is 0. The second kappa shape index (κ2) is 3.81. The molecule has 0 saturated carbocycles. The Bertz CT molecular complexity index is 359. The lowest BCUT2D eigenvalue weighted by molar-refractivity contribution is 0.350. The summed E-state index contributed by atoms with van der Waals surface area (Å²) in [5.41, 5.74) is 7.51. The van der Waals surface area contributed by atoms with E-state index in [1.807, 2.05) is 25.1 Å². The molecule has 0 aliphatic rings. The van der Waals surface area contributed by atoms with Crippen molar-refractivity contribution >= 4 is 0 Å². The fraction of sp³-hybridized carbons (Fsp3) is 0.417. The third-order valence-electron chi connectivity index (χ3n) is 2.81. The average molecular weight is 188 g/mol. The summed E-state index contributed by atoms with van der Waals surface area (Å²) in [7, 11) is 0. The maximum Gasteiger partial charge on any atom is 0.0991 e. The molecule has 0 aromatic heterocycles. The minimum Gasteiger partial charge on any atom is -0.321 e. The summed E-state index contributed by atoms with van der Waals surface area (Å²) in [5, 5.41) is 8.78. The lowest BCUT2D eigenvalue weighted by Gasteiger charge is -2.29. The molecule has 0 aliphatic carbocycles. The van der Waals surface area contributed by atoms with Crippen molar-refractivity contribution in [1.82, 2.24) is 0 Å². The molecule has 1 aromatic carbocycles. The van der Waals surface area contributed by atoms with Gasteiger partial charge in [-0.15, -0.1) is 0 Å². The molecule has 0 heterocycles. The molecular formula is C12H16N2. The minimum atomic E-state index is -0.368. The summed E-state index contributed by atoms with van der Waals surface area (Å²) in [6.45, 7) is 6.16. The van der Waals surface area contributed by atoms with Crippen LogP contribution in [-0.2, 0) is 5.54 Å². The highest BCUT2D eigenvalue weighted by Crippen LogP contribution is 2.26. The third kappa shape index (κ3) is 1.94. The first-order valence-corrected chi connectivity index (χ1v) is 4.78. The molecule has 2 N–H and O–H groups in total. The molecule has 0 fully saturated rings. The molecule has 2 heteroatoms. The van der Waals surface area contributed by atoms with Crippen LogP contribution in [0.3, 0.4) is 0 Å². The smallest absolute Gasteiger partial charge is 0.0991 e. The number of benzene rings is 1. The molecule has 0 amide bonds. The van der Waals surface area contributed by atoms with E-state index < -0.39 is 0 Å². The monoisotopic (exact) mass is 188 g/mol. The van der Waals surface area contributed by atoms with E-state index in [9.17, 15) is 0 Å². The highest BCUT2D eigenvalue weighted by atomic mass is 14.7. The van der Waals surface area contributed by atoms with Crippen LogP contribution in [-0.4, -0.2) is 0 Å². The van der Waals surface area contributed by atoms with Crippen molar-refractivity contribution in [2.24, 2.45) is 11.7 Å². The van der Waals surface area contributed by atoms with E-state index in [2.05, 4.69) is 19.9 Å². The largest absolute Gasteiger partial charge is 0.321 e. The van der Waals surface area contributed by atoms with Gasteiger partial charge >= 0.3 is 0 Å². The van der Waals surface area contributed by atoms with Crippen LogP contribution in [0.5, 0.6) is 0 Å². The second-order valence-corrected chi connectivity index (χ2v) is 4.13. The Kier molecular flexibility index (Phi) is 2.93. The van der Waals surface area contributed by atoms with Crippen LogP contribution in [0.4, 0.5) is 0 Å². The Morgan fingerprint density at radius 1 is 1.43 bits per heavy atom. The van der Waals surface area contributed by atoms with Crippen LogP contribution < -0.4 is 5.73 Å². The van der Waals surface area contributed by atoms with Gasteiger partial charge in [0.25, 0.3) is 0 Å². The summed E-state index contributed by atoms with van der Waals surface area (Å²) >= 11 is 0. The van der Waals surface area contributed by atoms with Crippen molar-refractivity contribution in [3.63, 3.8) is 0 Å². The van der Waals surface area contributed by atoms with Crippen LogP contribution >= 0.6 is 0 Å². The summed E-state index contributed by atoms with van der Waals surface area (Å²) in [6.07, 6.45) is 0. The van der Waals surface area contributed by atoms with Crippen LogP contribution in [0.25, 0.3) is 0 Å². The van der Waals surface area contributed by atoms with Gasteiger partial charge in [0.15, 0.2) is 0 Å². The average Bonchev–Trinajstić information content (AvgIpc) is 2.17. The number of hydrogen-bond donors (Lipinski definition) is 1. The second-order valence-electron chi connectivity index (χ2n) is 4.13. The molecule has 0 saturated heterocycles. The molecule has 0 unspecified atom stereocenters. The van der Waals surface area contributed by atoms with E-state index in [0.29, 0.717) is 11.5 Å². The lowest BCUT2D eigenvalue weighted by Crippen LogP contribution is -2.38. The van der Waals surface area contributed by atoms with Gasteiger partial charge in [0.1, 0.15) is 0 Å². The van der Waals surface area contributed by atoms with E-state index in [1.54, 1.807) is 6.07 Å². The number of nitriles is 1. The van der Waals surface area contributed by atoms with Crippen LogP contribution in [0.15, 0.2) is 24.3 Å². The Morgan fingerprint density at radius 3 is 2.57 bits per heavy atom. The first kappa shape index (κ1) is 10.7. The van der Waals surface area contributed by atoms with E-state index in [1.165, 1.54) is 0 Å². The molecule has 14 heavy (non-hydrogen) atoms. The van der Waals surface area contributed by atoms with E-state index in [4.69, 9.17) is 11.0 Å². The van der Waals surface area contributed by atoms with Gasteiger partial charge in [-0.25, -0.2) is 0 Å². The highest BCUT2D eigenvalue weighted by molar-refractivity contribution is 5.36.